The Labute approximate surface area is 140 Å². The number of hydrogen-bond acceptors (Lipinski definition) is 3. The summed E-state index contributed by atoms with van der Waals surface area (Å²) in [6, 6.07) is 9.73. The van der Waals surface area contributed by atoms with E-state index in [0.29, 0.717) is 5.76 Å². The number of hydrogen-bond donors (Lipinski definition) is 2. The predicted molar refractivity (Wildman–Crippen MR) is 89.3 cm³/mol. The lowest BCUT2D eigenvalue weighted by atomic mass is 10.00. The van der Waals surface area contributed by atoms with Gasteiger partial charge in [0.2, 0.25) is 0 Å². The van der Waals surface area contributed by atoms with E-state index < -0.39 is 0 Å². The van der Waals surface area contributed by atoms with Gasteiger partial charge >= 0.3 is 0 Å². The largest absolute Gasteiger partial charge is 0.451 e. The Morgan fingerprint density at radius 1 is 1.26 bits per heavy atom. The summed E-state index contributed by atoms with van der Waals surface area (Å²) in [7, 11) is 0. The van der Waals surface area contributed by atoms with Gasteiger partial charge in [0.15, 0.2) is 5.76 Å². The number of benzene rings is 1. The van der Waals surface area contributed by atoms with E-state index in [-0.39, 0.29) is 42.0 Å². The van der Waals surface area contributed by atoms with Crippen molar-refractivity contribution in [2.45, 2.75) is 31.8 Å². The van der Waals surface area contributed by atoms with Crippen LogP contribution < -0.4 is 10.6 Å². The zero-order chi connectivity index (χ0) is 15.5. The number of carbonyl (C=O) groups excluding carboxylic acids is 1. The molecule has 0 saturated carbocycles. The Morgan fingerprint density at radius 3 is 2.70 bits per heavy atom. The molecule has 1 amide bonds. The molecule has 0 spiro atoms. The summed E-state index contributed by atoms with van der Waals surface area (Å²) in [5, 5.41) is 6.35. The molecule has 1 aliphatic rings. The first-order valence-electron chi connectivity index (χ1n) is 7.53. The summed E-state index contributed by atoms with van der Waals surface area (Å²) in [4.78, 5) is 12.3. The third-order valence-corrected chi connectivity index (χ3v) is 4.04. The highest BCUT2D eigenvalue weighted by Crippen LogP contribution is 2.22. The summed E-state index contributed by atoms with van der Waals surface area (Å²) in [6.45, 7) is 3.05. The molecule has 1 aromatic carbocycles. The fraction of sp³-hybridized carbons (Fsp3) is 0.353. The molecule has 1 aromatic heterocycles. The minimum Gasteiger partial charge on any atom is -0.451 e. The maximum atomic E-state index is 12.9. The number of furan rings is 1. The van der Waals surface area contributed by atoms with Crippen LogP contribution in [0.15, 0.2) is 40.8 Å². The lowest BCUT2D eigenvalue weighted by molar-refractivity contribution is 0.0892. The van der Waals surface area contributed by atoms with Crippen molar-refractivity contribution in [1.29, 1.82) is 0 Å². The van der Waals surface area contributed by atoms with E-state index in [2.05, 4.69) is 17.6 Å². The lowest BCUT2D eigenvalue weighted by Gasteiger charge is -2.30. The Balaban J connectivity index is 0.00000192. The fourth-order valence-electron chi connectivity index (χ4n) is 2.71. The van der Waals surface area contributed by atoms with Gasteiger partial charge in [-0.1, -0.05) is 0 Å². The van der Waals surface area contributed by atoms with Crippen molar-refractivity contribution in [2.75, 3.05) is 6.54 Å². The lowest BCUT2D eigenvalue weighted by Crippen LogP contribution is -2.51. The molecular weight excluding hydrogens is 319 g/mol. The van der Waals surface area contributed by atoms with Crippen LogP contribution in [0.25, 0.3) is 11.3 Å². The molecule has 2 aromatic rings. The number of amides is 1. The smallest absolute Gasteiger partial charge is 0.287 e. The van der Waals surface area contributed by atoms with Crippen molar-refractivity contribution in [1.82, 2.24) is 10.6 Å². The quantitative estimate of drug-likeness (QED) is 0.902. The summed E-state index contributed by atoms with van der Waals surface area (Å²) in [5.41, 5.74) is 0.744. The maximum Gasteiger partial charge on any atom is 0.287 e. The highest BCUT2D eigenvalue weighted by atomic mass is 35.5. The Bertz CT molecular complexity index is 657. The molecule has 4 nitrogen and oxygen atoms in total. The van der Waals surface area contributed by atoms with Gasteiger partial charge in [0.25, 0.3) is 5.91 Å². The summed E-state index contributed by atoms with van der Waals surface area (Å²) < 4.78 is 18.5. The van der Waals surface area contributed by atoms with Gasteiger partial charge in [-0.25, -0.2) is 4.39 Å². The third kappa shape index (κ3) is 4.12. The van der Waals surface area contributed by atoms with E-state index in [4.69, 9.17) is 4.42 Å². The highest BCUT2D eigenvalue weighted by molar-refractivity contribution is 5.92. The first-order chi connectivity index (χ1) is 10.6. The van der Waals surface area contributed by atoms with Gasteiger partial charge in [-0.2, -0.15) is 0 Å². The third-order valence-electron chi connectivity index (χ3n) is 4.04. The second kappa shape index (κ2) is 7.62. The van der Waals surface area contributed by atoms with Gasteiger partial charge in [-0.15, -0.1) is 12.4 Å². The number of piperidine rings is 1. The normalized spacial score (nSPS) is 20.6. The molecule has 23 heavy (non-hydrogen) atoms. The van der Waals surface area contributed by atoms with E-state index in [1.807, 2.05) is 0 Å². The van der Waals surface area contributed by atoms with E-state index in [9.17, 15) is 9.18 Å². The van der Waals surface area contributed by atoms with Crippen molar-refractivity contribution in [3.05, 3.63) is 48.0 Å². The monoisotopic (exact) mass is 338 g/mol. The van der Waals surface area contributed by atoms with Crippen LogP contribution in [0, 0.1) is 5.82 Å². The molecule has 2 atom stereocenters. The second-order valence-electron chi connectivity index (χ2n) is 5.64. The van der Waals surface area contributed by atoms with Gasteiger partial charge in [-0.05, 0) is 62.7 Å². The SMILES string of the molecule is CC1NCCCC1NC(=O)c1ccc(-c2ccc(F)cc2)o1.Cl. The molecule has 1 saturated heterocycles. The van der Waals surface area contributed by atoms with Crippen molar-refractivity contribution in [2.24, 2.45) is 0 Å². The molecule has 1 aliphatic heterocycles. The van der Waals surface area contributed by atoms with Crippen LogP contribution in [0.2, 0.25) is 0 Å². The number of nitrogens with one attached hydrogen (secondary N) is 2. The molecular formula is C17H20ClFN2O2. The number of rotatable bonds is 3. The van der Waals surface area contributed by atoms with E-state index >= 15 is 0 Å². The van der Waals surface area contributed by atoms with Crippen molar-refractivity contribution >= 4 is 18.3 Å². The highest BCUT2D eigenvalue weighted by Gasteiger charge is 2.24. The Hall–Kier alpha value is -1.85. The van der Waals surface area contributed by atoms with Gasteiger partial charge in [-0.3, -0.25) is 4.79 Å². The fourth-order valence-corrected chi connectivity index (χ4v) is 2.71. The molecule has 0 bridgehead atoms. The Kier molecular flexibility index (Phi) is 5.80. The van der Waals surface area contributed by atoms with Crippen LogP contribution in [0.3, 0.4) is 0 Å². The topological polar surface area (TPSA) is 54.3 Å². The first-order valence-corrected chi connectivity index (χ1v) is 7.53. The molecule has 2 heterocycles. The zero-order valence-corrected chi connectivity index (χ0v) is 13.7. The Morgan fingerprint density at radius 2 is 2.00 bits per heavy atom. The second-order valence-corrected chi connectivity index (χ2v) is 5.64. The van der Waals surface area contributed by atoms with Gasteiger partial charge in [0.05, 0.1) is 0 Å². The summed E-state index contributed by atoms with van der Waals surface area (Å²) >= 11 is 0. The van der Waals surface area contributed by atoms with Crippen LogP contribution in [0.5, 0.6) is 0 Å². The molecule has 124 valence electrons. The first kappa shape index (κ1) is 17.5. The van der Waals surface area contributed by atoms with Crippen LogP contribution in [0.1, 0.15) is 30.3 Å². The molecule has 0 aliphatic carbocycles. The molecule has 6 heteroatoms. The average molecular weight is 339 g/mol. The zero-order valence-electron chi connectivity index (χ0n) is 12.8. The van der Waals surface area contributed by atoms with Gasteiger partial charge < -0.3 is 15.1 Å². The predicted octanol–water partition coefficient (Wildman–Crippen LogP) is 3.38. The molecule has 1 fully saturated rings. The molecule has 0 radical (unpaired) electrons. The maximum absolute atomic E-state index is 12.9. The van der Waals surface area contributed by atoms with E-state index in [1.165, 1.54) is 12.1 Å². The van der Waals surface area contributed by atoms with Crippen LogP contribution in [-0.2, 0) is 0 Å². The van der Waals surface area contributed by atoms with E-state index in [1.54, 1.807) is 24.3 Å². The van der Waals surface area contributed by atoms with Crippen molar-refractivity contribution < 1.29 is 13.6 Å². The van der Waals surface area contributed by atoms with Gasteiger partial charge in [0, 0.05) is 17.6 Å². The van der Waals surface area contributed by atoms with Gasteiger partial charge in [0.1, 0.15) is 11.6 Å². The average Bonchev–Trinajstić information content (AvgIpc) is 3.00. The van der Waals surface area contributed by atoms with Crippen LogP contribution in [0.4, 0.5) is 4.39 Å². The van der Waals surface area contributed by atoms with Crippen molar-refractivity contribution in [3.63, 3.8) is 0 Å². The molecule has 2 unspecified atom stereocenters. The summed E-state index contributed by atoms with van der Waals surface area (Å²) in [6.07, 6.45) is 2.01. The summed E-state index contributed by atoms with van der Waals surface area (Å²) in [5.74, 6) is 0.318. The van der Waals surface area contributed by atoms with Crippen LogP contribution in [-0.4, -0.2) is 24.5 Å². The molecule has 2 N–H and O–H groups in total. The number of carbonyl (C=O) groups is 1. The van der Waals surface area contributed by atoms with Crippen molar-refractivity contribution in [3.8, 4) is 11.3 Å². The molecule has 3 rings (SSSR count). The van der Waals surface area contributed by atoms with E-state index in [0.717, 1.165) is 24.9 Å². The number of halogens is 2. The minimum atomic E-state index is -0.299. The van der Waals surface area contributed by atoms with Crippen LogP contribution >= 0.6 is 12.4 Å². The standard InChI is InChI=1S/C17H19FN2O2.ClH/c1-11-14(3-2-10-19-11)20-17(21)16-9-8-15(22-16)12-4-6-13(18)7-5-12;/h4-9,11,14,19H,2-3,10H2,1H3,(H,20,21);1H. The minimum absolute atomic E-state index is 0.